The second-order valence-electron chi connectivity index (χ2n) is 5.32. The van der Waals surface area contributed by atoms with E-state index in [9.17, 15) is 4.79 Å². The summed E-state index contributed by atoms with van der Waals surface area (Å²) in [6, 6.07) is 10.3. The van der Waals surface area contributed by atoms with Crippen molar-refractivity contribution in [1.29, 1.82) is 0 Å². The van der Waals surface area contributed by atoms with Crippen LogP contribution in [-0.4, -0.2) is 34.4 Å². The highest BCUT2D eigenvalue weighted by Crippen LogP contribution is 2.29. The van der Waals surface area contributed by atoms with Crippen LogP contribution in [0.3, 0.4) is 0 Å². The van der Waals surface area contributed by atoms with E-state index in [2.05, 4.69) is 31.3 Å². The number of rotatable bonds is 6. The highest BCUT2D eigenvalue weighted by atomic mass is 28.3. The predicted molar refractivity (Wildman–Crippen MR) is 84.9 cm³/mol. The molecule has 0 bridgehead atoms. The third kappa shape index (κ3) is 3.58. The van der Waals surface area contributed by atoms with Gasteiger partial charge in [-0.1, -0.05) is 60.8 Å². The first kappa shape index (κ1) is 16.7. The lowest BCUT2D eigenvalue weighted by Crippen LogP contribution is -2.51. The van der Waals surface area contributed by atoms with Gasteiger partial charge < -0.3 is 9.47 Å². The van der Waals surface area contributed by atoms with Crippen LogP contribution in [0, 0.1) is 0 Å². The Morgan fingerprint density at radius 1 is 1.20 bits per heavy atom. The average Bonchev–Trinajstić information content (AvgIpc) is 2.47. The molecule has 0 heterocycles. The molecule has 0 saturated heterocycles. The van der Waals surface area contributed by atoms with Gasteiger partial charge in [-0.25, -0.2) is 4.79 Å². The molecule has 0 saturated carbocycles. The second-order valence-corrected chi connectivity index (χ2v) is 10.0. The molecular weight excluding hydrogens is 268 g/mol. The molecule has 1 rings (SSSR count). The van der Waals surface area contributed by atoms with Crippen LogP contribution in [0.15, 0.2) is 42.5 Å². The van der Waals surface area contributed by atoms with Crippen LogP contribution in [0.2, 0.25) is 18.6 Å². The minimum atomic E-state index is -1.91. The van der Waals surface area contributed by atoms with Crippen LogP contribution in [0.1, 0.15) is 6.92 Å². The summed E-state index contributed by atoms with van der Waals surface area (Å²) in [5.74, 6) is -0.313. The predicted octanol–water partition coefficient (Wildman–Crippen LogP) is 2.74. The van der Waals surface area contributed by atoms with Crippen LogP contribution in [0.4, 0.5) is 0 Å². The molecule has 0 unspecified atom stereocenters. The smallest absolute Gasteiger partial charge is 0.335 e. The molecule has 0 radical (unpaired) electrons. The molecule has 1 aromatic carbocycles. The highest BCUT2D eigenvalue weighted by Gasteiger charge is 2.41. The number of hydrogen-bond donors (Lipinski definition) is 0. The Hall–Kier alpha value is -1.39. The molecule has 20 heavy (non-hydrogen) atoms. The van der Waals surface area contributed by atoms with Crippen molar-refractivity contribution in [3.8, 4) is 0 Å². The Labute approximate surface area is 122 Å². The molecule has 3 nitrogen and oxygen atoms in total. The first-order valence-electron chi connectivity index (χ1n) is 6.78. The Morgan fingerprint density at radius 2 is 1.80 bits per heavy atom. The first-order valence-corrected chi connectivity index (χ1v) is 9.85. The Bertz CT molecular complexity index is 454. The van der Waals surface area contributed by atoms with E-state index in [1.54, 1.807) is 7.11 Å². The van der Waals surface area contributed by atoms with Crippen molar-refractivity contribution < 1.29 is 14.3 Å². The standard InChI is InChI=1S/C16H24O3Si/c1-6-10-14(15(18-2)16(17)19-3)20(4,5)13-11-8-7-9-12-13/h6-12,14-15H,1-5H3/b10-6+/t14-,15-/m0/s1. The number of hydrogen-bond acceptors (Lipinski definition) is 3. The fourth-order valence-electron chi connectivity index (χ4n) is 2.49. The van der Waals surface area contributed by atoms with Crippen LogP contribution in [-0.2, 0) is 14.3 Å². The number of carbonyl (C=O) groups is 1. The molecule has 110 valence electrons. The first-order chi connectivity index (χ1) is 9.48. The summed E-state index contributed by atoms with van der Waals surface area (Å²) in [6.45, 7) is 6.47. The molecule has 0 fully saturated rings. The van der Waals surface area contributed by atoms with Crippen LogP contribution >= 0.6 is 0 Å². The molecule has 0 aromatic heterocycles. The fourth-order valence-corrected chi connectivity index (χ4v) is 5.63. The second kappa shape index (κ2) is 7.41. The maximum absolute atomic E-state index is 12.0. The summed E-state index contributed by atoms with van der Waals surface area (Å²) >= 11 is 0. The summed E-state index contributed by atoms with van der Waals surface area (Å²) in [7, 11) is 1.06. The van der Waals surface area contributed by atoms with Gasteiger partial charge in [-0.05, 0) is 6.92 Å². The molecule has 0 aliphatic heterocycles. The SMILES string of the molecule is C/C=C/[C@@H]([C@H](OC)C(=O)OC)[Si](C)(C)c1ccccc1. The van der Waals surface area contributed by atoms with Gasteiger partial charge in [0.2, 0.25) is 0 Å². The lowest BCUT2D eigenvalue weighted by Gasteiger charge is -2.34. The van der Waals surface area contributed by atoms with Gasteiger partial charge in [-0.3, -0.25) is 0 Å². The minimum Gasteiger partial charge on any atom is -0.467 e. The van der Waals surface area contributed by atoms with Crippen molar-refractivity contribution in [2.75, 3.05) is 14.2 Å². The van der Waals surface area contributed by atoms with Crippen molar-refractivity contribution in [1.82, 2.24) is 0 Å². The Kier molecular flexibility index (Phi) is 6.17. The maximum Gasteiger partial charge on any atom is 0.335 e. The number of carbonyl (C=O) groups excluding carboxylic acids is 1. The van der Waals surface area contributed by atoms with Gasteiger partial charge >= 0.3 is 5.97 Å². The van der Waals surface area contributed by atoms with Crippen molar-refractivity contribution in [2.45, 2.75) is 31.7 Å². The summed E-state index contributed by atoms with van der Waals surface area (Å²) < 4.78 is 10.3. The number of esters is 1. The minimum absolute atomic E-state index is 0.0346. The largest absolute Gasteiger partial charge is 0.467 e. The number of methoxy groups -OCH3 is 2. The topological polar surface area (TPSA) is 35.5 Å². The number of allylic oxidation sites excluding steroid dienone is 1. The molecule has 1 aromatic rings. The van der Waals surface area contributed by atoms with Crippen molar-refractivity contribution in [3.63, 3.8) is 0 Å². The van der Waals surface area contributed by atoms with Gasteiger partial charge in [0.15, 0.2) is 6.10 Å². The number of benzene rings is 1. The van der Waals surface area contributed by atoms with Crippen LogP contribution < -0.4 is 5.19 Å². The third-order valence-corrected chi connectivity index (χ3v) is 7.75. The molecule has 0 aliphatic carbocycles. The molecule has 2 atom stereocenters. The van der Waals surface area contributed by atoms with Crippen molar-refractivity contribution in [2.24, 2.45) is 0 Å². The lowest BCUT2D eigenvalue weighted by molar-refractivity contribution is -0.152. The zero-order valence-corrected chi connectivity index (χ0v) is 13.9. The zero-order chi connectivity index (χ0) is 15.2. The molecule has 0 aliphatic rings. The molecule has 0 N–H and O–H groups in total. The van der Waals surface area contributed by atoms with E-state index in [1.165, 1.54) is 12.3 Å². The van der Waals surface area contributed by atoms with Gasteiger partial charge in [0.25, 0.3) is 0 Å². The average molecular weight is 292 g/mol. The zero-order valence-electron chi connectivity index (χ0n) is 12.9. The van der Waals surface area contributed by atoms with Gasteiger partial charge in [0.1, 0.15) is 0 Å². The molecule has 0 spiro atoms. The summed E-state index contributed by atoms with van der Waals surface area (Å²) in [6.07, 6.45) is 3.50. The third-order valence-electron chi connectivity index (χ3n) is 3.76. The van der Waals surface area contributed by atoms with Crippen molar-refractivity contribution >= 4 is 19.2 Å². The van der Waals surface area contributed by atoms with Gasteiger partial charge in [-0.15, -0.1) is 0 Å². The highest BCUT2D eigenvalue weighted by molar-refractivity contribution is 6.91. The van der Waals surface area contributed by atoms with Crippen LogP contribution in [0.25, 0.3) is 0 Å². The normalized spacial score (nSPS) is 15.1. The maximum atomic E-state index is 12.0. The van der Waals surface area contributed by atoms with E-state index in [1.807, 2.05) is 31.2 Å². The molecule has 4 heteroatoms. The Morgan fingerprint density at radius 3 is 2.25 bits per heavy atom. The molecular formula is C16H24O3Si. The summed E-state index contributed by atoms with van der Waals surface area (Å²) in [5, 5.41) is 1.30. The van der Waals surface area contributed by atoms with E-state index in [4.69, 9.17) is 9.47 Å². The van der Waals surface area contributed by atoms with Gasteiger partial charge in [-0.2, -0.15) is 0 Å². The van der Waals surface area contributed by atoms with E-state index >= 15 is 0 Å². The van der Waals surface area contributed by atoms with Crippen LogP contribution in [0.5, 0.6) is 0 Å². The van der Waals surface area contributed by atoms with Crippen molar-refractivity contribution in [3.05, 3.63) is 42.5 Å². The van der Waals surface area contributed by atoms with E-state index in [0.717, 1.165) is 0 Å². The quantitative estimate of drug-likeness (QED) is 0.459. The monoisotopic (exact) mass is 292 g/mol. The van der Waals surface area contributed by atoms with E-state index in [0.29, 0.717) is 0 Å². The number of ether oxygens (including phenoxy) is 2. The summed E-state index contributed by atoms with van der Waals surface area (Å²) in [4.78, 5) is 12.0. The van der Waals surface area contributed by atoms with Gasteiger partial charge in [0.05, 0.1) is 15.2 Å². The Balaban J connectivity index is 3.21. The van der Waals surface area contributed by atoms with E-state index in [-0.39, 0.29) is 11.5 Å². The molecule has 0 amide bonds. The fraction of sp³-hybridized carbons (Fsp3) is 0.438. The lowest BCUT2D eigenvalue weighted by atomic mass is 10.2. The van der Waals surface area contributed by atoms with Gasteiger partial charge in [0, 0.05) is 12.7 Å². The van der Waals surface area contributed by atoms with E-state index < -0.39 is 14.2 Å². The summed E-state index contributed by atoms with van der Waals surface area (Å²) in [5.41, 5.74) is 0.0346.